The van der Waals surface area contributed by atoms with Crippen LogP contribution >= 0.6 is 11.6 Å². The second-order valence-corrected chi connectivity index (χ2v) is 6.84. The second kappa shape index (κ2) is 8.75. The Balaban J connectivity index is 1.58. The van der Waals surface area contributed by atoms with Crippen molar-refractivity contribution in [2.45, 2.75) is 6.04 Å². The number of nitrogens with zero attached hydrogens (tertiary/aromatic N) is 2. The zero-order chi connectivity index (χ0) is 20.9. The molecule has 1 atom stereocenters. The highest BCUT2D eigenvalue weighted by Gasteiger charge is 2.23. The first-order valence-electron chi connectivity index (χ1n) is 9.06. The van der Waals surface area contributed by atoms with E-state index < -0.39 is 12.1 Å². The molecule has 6 nitrogen and oxygen atoms in total. The van der Waals surface area contributed by atoms with Gasteiger partial charge in [0.1, 0.15) is 11.9 Å². The number of carbonyl (C=O) groups is 1. The molecule has 150 valence electrons. The Bertz CT molecular complexity index is 1130. The van der Waals surface area contributed by atoms with Crippen LogP contribution in [0.4, 0.5) is 14.9 Å². The third-order valence-electron chi connectivity index (χ3n) is 4.29. The van der Waals surface area contributed by atoms with Crippen molar-refractivity contribution in [3.63, 3.8) is 0 Å². The first-order chi connectivity index (χ1) is 14.6. The van der Waals surface area contributed by atoms with Crippen LogP contribution in [-0.4, -0.2) is 16.2 Å². The maximum absolute atomic E-state index is 13.1. The van der Waals surface area contributed by atoms with Gasteiger partial charge in [-0.2, -0.15) is 0 Å². The van der Waals surface area contributed by atoms with Gasteiger partial charge in [-0.15, -0.1) is 10.2 Å². The quantitative estimate of drug-likeness (QED) is 0.448. The van der Waals surface area contributed by atoms with Crippen molar-refractivity contribution >= 4 is 23.3 Å². The molecule has 0 aliphatic heterocycles. The average molecular weight is 423 g/mol. The number of nitrogens with one attached hydrogen (secondary N) is 2. The molecule has 0 radical (unpaired) electrons. The molecule has 1 aromatic heterocycles. The summed E-state index contributed by atoms with van der Waals surface area (Å²) in [6, 6.07) is 20.5. The number of carbonyl (C=O) groups excluding carboxylic acids is 1. The minimum atomic E-state index is -0.680. The molecule has 0 fully saturated rings. The van der Waals surface area contributed by atoms with Gasteiger partial charge in [-0.25, -0.2) is 9.18 Å². The number of halogens is 2. The number of benzene rings is 3. The van der Waals surface area contributed by atoms with Crippen LogP contribution in [0.15, 0.2) is 83.3 Å². The van der Waals surface area contributed by atoms with E-state index in [-0.39, 0.29) is 11.7 Å². The van der Waals surface area contributed by atoms with Crippen molar-refractivity contribution < 1.29 is 13.6 Å². The number of anilines is 1. The lowest BCUT2D eigenvalue weighted by molar-refractivity contribution is 0.248. The molecule has 0 saturated heterocycles. The third kappa shape index (κ3) is 4.64. The topological polar surface area (TPSA) is 80.0 Å². The summed E-state index contributed by atoms with van der Waals surface area (Å²) in [4.78, 5) is 12.5. The van der Waals surface area contributed by atoms with Gasteiger partial charge in [0.2, 0.25) is 11.8 Å². The molecule has 8 heteroatoms. The lowest BCUT2D eigenvalue weighted by Gasteiger charge is -2.16. The van der Waals surface area contributed by atoms with Crippen LogP contribution in [-0.2, 0) is 0 Å². The number of aromatic nitrogens is 2. The molecular weight excluding hydrogens is 407 g/mol. The second-order valence-electron chi connectivity index (χ2n) is 6.40. The molecular formula is C22H16ClFN4O2. The molecule has 1 unspecified atom stereocenters. The maximum Gasteiger partial charge on any atom is 0.320 e. The largest absolute Gasteiger partial charge is 0.418 e. The van der Waals surface area contributed by atoms with Crippen molar-refractivity contribution in [2.24, 2.45) is 0 Å². The van der Waals surface area contributed by atoms with E-state index in [1.54, 1.807) is 24.3 Å². The first kappa shape index (κ1) is 19.6. The fourth-order valence-corrected chi connectivity index (χ4v) is 2.95. The van der Waals surface area contributed by atoms with E-state index in [1.807, 2.05) is 30.3 Å². The van der Waals surface area contributed by atoms with Gasteiger partial charge in [0.15, 0.2) is 0 Å². The standard InChI is InChI=1S/C22H16ClFN4O2/c23-16-8-6-15(7-9-16)20-27-28-21(30-20)19(14-4-2-1-3-5-14)26-22(29)25-18-12-10-17(24)11-13-18/h1-13,19H,(H2,25,26,29). The van der Waals surface area contributed by atoms with Crippen molar-refractivity contribution in [1.82, 2.24) is 15.5 Å². The summed E-state index contributed by atoms with van der Waals surface area (Å²) in [6.45, 7) is 0. The molecule has 0 saturated carbocycles. The Morgan fingerprint density at radius 3 is 2.33 bits per heavy atom. The number of hydrogen-bond donors (Lipinski definition) is 2. The van der Waals surface area contributed by atoms with Gasteiger partial charge in [0.25, 0.3) is 0 Å². The van der Waals surface area contributed by atoms with Crippen LogP contribution in [0.1, 0.15) is 17.5 Å². The summed E-state index contributed by atoms with van der Waals surface area (Å²) < 4.78 is 18.9. The Morgan fingerprint density at radius 2 is 1.63 bits per heavy atom. The molecule has 2 N–H and O–H groups in total. The minimum Gasteiger partial charge on any atom is -0.418 e. The molecule has 3 aromatic carbocycles. The lowest BCUT2D eigenvalue weighted by Crippen LogP contribution is -2.33. The molecule has 0 bridgehead atoms. The minimum absolute atomic E-state index is 0.223. The summed E-state index contributed by atoms with van der Waals surface area (Å²) in [5.74, 6) is 0.146. The van der Waals surface area contributed by atoms with Gasteiger partial charge in [-0.1, -0.05) is 41.9 Å². The van der Waals surface area contributed by atoms with Crippen molar-refractivity contribution in [2.75, 3.05) is 5.32 Å². The molecule has 2 amide bonds. The van der Waals surface area contributed by atoms with Gasteiger partial charge in [-0.05, 0) is 54.1 Å². The van der Waals surface area contributed by atoms with Gasteiger partial charge < -0.3 is 15.1 Å². The summed E-state index contributed by atoms with van der Waals surface area (Å²) >= 11 is 5.93. The molecule has 0 aliphatic rings. The summed E-state index contributed by atoms with van der Waals surface area (Å²) in [5.41, 5.74) is 1.92. The Hall–Kier alpha value is -3.71. The van der Waals surface area contributed by atoms with Crippen LogP contribution in [0.3, 0.4) is 0 Å². The molecule has 4 rings (SSSR count). The van der Waals surface area contributed by atoms with Crippen LogP contribution in [0, 0.1) is 5.82 Å². The van der Waals surface area contributed by atoms with Crippen LogP contribution < -0.4 is 10.6 Å². The highest BCUT2D eigenvalue weighted by atomic mass is 35.5. The Labute approximate surface area is 176 Å². The summed E-state index contributed by atoms with van der Waals surface area (Å²) in [5, 5.41) is 14.3. The van der Waals surface area contributed by atoms with E-state index in [0.717, 1.165) is 5.56 Å². The van der Waals surface area contributed by atoms with E-state index in [2.05, 4.69) is 20.8 Å². The zero-order valence-electron chi connectivity index (χ0n) is 15.5. The number of urea groups is 1. The SMILES string of the molecule is O=C(Nc1ccc(F)cc1)NC(c1ccccc1)c1nnc(-c2ccc(Cl)cc2)o1. The average Bonchev–Trinajstić information content (AvgIpc) is 3.25. The van der Waals surface area contributed by atoms with E-state index >= 15 is 0 Å². The fraction of sp³-hybridized carbons (Fsp3) is 0.0455. The predicted molar refractivity (Wildman–Crippen MR) is 112 cm³/mol. The van der Waals surface area contributed by atoms with Gasteiger partial charge in [0.05, 0.1) is 0 Å². The van der Waals surface area contributed by atoms with E-state index in [9.17, 15) is 9.18 Å². The van der Waals surface area contributed by atoms with E-state index in [0.29, 0.717) is 22.2 Å². The zero-order valence-corrected chi connectivity index (χ0v) is 16.3. The monoisotopic (exact) mass is 422 g/mol. The number of hydrogen-bond acceptors (Lipinski definition) is 4. The smallest absolute Gasteiger partial charge is 0.320 e. The van der Waals surface area contributed by atoms with Crippen LogP contribution in [0.2, 0.25) is 5.02 Å². The number of rotatable bonds is 5. The Morgan fingerprint density at radius 1 is 0.933 bits per heavy atom. The van der Waals surface area contributed by atoms with Crippen molar-refractivity contribution in [3.8, 4) is 11.5 Å². The van der Waals surface area contributed by atoms with Crippen molar-refractivity contribution in [3.05, 3.63) is 101 Å². The fourth-order valence-electron chi connectivity index (χ4n) is 2.82. The van der Waals surface area contributed by atoms with Gasteiger partial charge in [-0.3, -0.25) is 0 Å². The van der Waals surface area contributed by atoms with Crippen LogP contribution in [0.5, 0.6) is 0 Å². The predicted octanol–water partition coefficient (Wildman–Crippen LogP) is 5.44. The number of amides is 2. The third-order valence-corrected chi connectivity index (χ3v) is 4.54. The van der Waals surface area contributed by atoms with E-state index in [4.69, 9.17) is 16.0 Å². The van der Waals surface area contributed by atoms with E-state index in [1.165, 1.54) is 24.3 Å². The molecule has 0 spiro atoms. The molecule has 1 heterocycles. The normalized spacial score (nSPS) is 11.7. The molecule has 0 aliphatic carbocycles. The molecule has 30 heavy (non-hydrogen) atoms. The van der Waals surface area contributed by atoms with Crippen LogP contribution in [0.25, 0.3) is 11.5 Å². The summed E-state index contributed by atoms with van der Waals surface area (Å²) in [6.07, 6.45) is 0. The molecule has 4 aromatic rings. The maximum atomic E-state index is 13.1. The van der Waals surface area contributed by atoms with Crippen molar-refractivity contribution in [1.29, 1.82) is 0 Å². The Kier molecular flexibility index (Phi) is 5.72. The first-order valence-corrected chi connectivity index (χ1v) is 9.43. The van der Waals surface area contributed by atoms with Gasteiger partial charge in [0, 0.05) is 16.3 Å². The highest BCUT2D eigenvalue weighted by Crippen LogP contribution is 2.26. The summed E-state index contributed by atoms with van der Waals surface area (Å²) in [7, 11) is 0. The highest BCUT2D eigenvalue weighted by molar-refractivity contribution is 6.30. The lowest BCUT2D eigenvalue weighted by atomic mass is 10.1. The van der Waals surface area contributed by atoms with Gasteiger partial charge >= 0.3 is 6.03 Å².